The number of phenolic OH excluding ortho intramolecular Hbond substituents is 1. The highest BCUT2D eigenvalue weighted by atomic mass is 35.5. The van der Waals surface area contributed by atoms with Crippen molar-refractivity contribution in [3.63, 3.8) is 0 Å². The van der Waals surface area contributed by atoms with E-state index in [1.807, 2.05) is 0 Å². The van der Waals surface area contributed by atoms with Gasteiger partial charge in [0.2, 0.25) is 6.41 Å². The van der Waals surface area contributed by atoms with Crippen molar-refractivity contribution in [2.24, 2.45) is 4.99 Å². The third kappa shape index (κ3) is 3.44. The van der Waals surface area contributed by atoms with Crippen LogP contribution in [0.4, 0.5) is 15.8 Å². The largest absolute Gasteiger partial charge is 0.508 e. The van der Waals surface area contributed by atoms with Gasteiger partial charge in [-0.3, -0.25) is 14.7 Å². The number of aromatic hydroxyl groups is 1. The molecule has 1 heterocycles. The van der Waals surface area contributed by atoms with Crippen LogP contribution in [-0.4, -0.2) is 42.4 Å². The summed E-state index contributed by atoms with van der Waals surface area (Å²) in [7, 11) is 1.69. The number of carbonyl (C=O) groups excluding carboxylic acids is 1. The second kappa shape index (κ2) is 7.11. The zero-order valence-electron chi connectivity index (χ0n) is 13.6. The number of carbonyl (C=O) groups is 1. The molecule has 0 unspecified atom stereocenters. The second-order valence-corrected chi connectivity index (χ2v) is 6.13. The standard InChI is InChI=1S/C18H17ClFN3O2/c1-21-18(22-5-2-6-22)16-4-3-12(19)7-17(16)23(11-24)14-8-13(20)9-15(25)10-14/h3-4,7-11,25H,2,5-6H2,1H3/b21-18+. The fourth-order valence-corrected chi connectivity index (χ4v) is 2.97. The van der Waals surface area contributed by atoms with E-state index in [0.717, 1.165) is 31.4 Å². The van der Waals surface area contributed by atoms with E-state index in [9.17, 15) is 14.3 Å². The Morgan fingerprint density at radius 3 is 2.64 bits per heavy atom. The number of rotatable bonds is 4. The Morgan fingerprint density at radius 2 is 2.08 bits per heavy atom. The van der Waals surface area contributed by atoms with Gasteiger partial charge in [0, 0.05) is 42.9 Å². The normalized spacial score (nSPS) is 14.2. The molecular formula is C18H17ClFN3O2. The number of amides is 1. The fourth-order valence-electron chi connectivity index (χ4n) is 2.81. The maximum atomic E-state index is 13.7. The Morgan fingerprint density at radius 1 is 1.32 bits per heavy atom. The molecule has 1 aliphatic heterocycles. The average molecular weight is 362 g/mol. The van der Waals surface area contributed by atoms with E-state index in [4.69, 9.17) is 11.6 Å². The third-order valence-corrected chi connectivity index (χ3v) is 4.31. The van der Waals surface area contributed by atoms with Crippen LogP contribution in [0.1, 0.15) is 12.0 Å². The Bertz CT molecular complexity index is 817. The molecule has 0 aromatic heterocycles. The predicted molar refractivity (Wildman–Crippen MR) is 96.4 cm³/mol. The molecule has 0 atom stereocenters. The topological polar surface area (TPSA) is 56.1 Å². The van der Waals surface area contributed by atoms with Crippen LogP contribution in [0.15, 0.2) is 41.4 Å². The molecule has 0 spiro atoms. The minimum atomic E-state index is -0.641. The second-order valence-electron chi connectivity index (χ2n) is 5.69. The number of hydrogen-bond acceptors (Lipinski definition) is 3. The molecule has 1 saturated heterocycles. The van der Waals surface area contributed by atoms with Crippen LogP contribution in [0.25, 0.3) is 0 Å². The molecule has 1 amide bonds. The summed E-state index contributed by atoms with van der Waals surface area (Å²) in [5.41, 5.74) is 1.39. The molecule has 7 heteroatoms. The SMILES string of the molecule is C/N=C(\c1ccc(Cl)cc1N(C=O)c1cc(O)cc(F)c1)N1CCC1. The van der Waals surface area contributed by atoms with Crippen molar-refractivity contribution < 1.29 is 14.3 Å². The van der Waals surface area contributed by atoms with Crippen molar-refractivity contribution in [3.05, 3.63) is 52.8 Å². The quantitative estimate of drug-likeness (QED) is 0.514. The zero-order chi connectivity index (χ0) is 18.0. The van der Waals surface area contributed by atoms with E-state index in [0.29, 0.717) is 22.7 Å². The number of phenols is 1. The Labute approximate surface area is 150 Å². The number of hydrogen-bond donors (Lipinski definition) is 1. The van der Waals surface area contributed by atoms with Crippen molar-refractivity contribution in [3.8, 4) is 5.75 Å². The predicted octanol–water partition coefficient (Wildman–Crippen LogP) is 3.56. The molecule has 0 bridgehead atoms. The van der Waals surface area contributed by atoms with Crippen LogP contribution >= 0.6 is 11.6 Å². The monoisotopic (exact) mass is 361 g/mol. The van der Waals surface area contributed by atoms with Gasteiger partial charge < -0.3 is 10.0 Å². The first-order chi connectivity index (χ1) is 12.0. The van der Waals surface area contributed by atoms with Crippen LogP contribution in [-0.2, 0) is 4.79 Å². The average Bonchev–Trinajstić information content (AvgIpc) is 2.51. The summed E-state index contributed by atoms with van der Waals surface area (Å²) in [6, 6.07) is 8.59. The summed E-state index contributed by atoms with van der Waals surface area (Å²) in [5, 5.41) is 10.1. The van der Waals surface area contributed by atoms with Crippen molar-refractivity contribution in [1.82, 2.24) is 4.90 Å². The van der Waals surface area contributed by atoms with E-state index in [-0.39, 0.29) is 11.4 Å². The third-order valence-electron chi connectivity index (χ3n) is 4.08. The highest BCUT2D eigenvalue weighted by Gasteiger charge is 2.24. The number of benzene rings is 2. The molecule has 5 nitrogen and oxygen atoms in total. The summed E-state index contributed by atoms with van der Waals surface area (Å²) in [6.45, 7) is 1.77. The van der Waals surface area contributed by atoms with Crippen LogP contribution in [0.2, 0.25) is 5.02 Å². The maximum absolute atomic E-state index is 13.7. The molecule has 1 N–H and O–H groups in total. The minimum Gasteiger partial charge on any atom is -0.508 e. The Hall–Kier alpha value is -2.60. The van der Waals surface area contributed by atoms with Gasteiger partial charge in [-0.15, -0.1) is 0 Å². The fraction of sp³-hybridized carbons (Fsp3) is 0.222. The molecule has 1 aliphatic rings. The molecule has 1 fully saturated rings. The number of likely N-dealkylation sites (tertiary alicyclic amines) is 1. The van der Waals surface area contributed by atoms with Gasteiger partial charge in [-0.2, -0.15) is 0 Å². The van der Waals surface area contributed by atoms with Crippen LogP contribution < -0.4 is 4.90 Å². The summed E-state index contributed by atoms with van der Waals surface area (Å²) < 4.78 is 13.7. The highest BCUT2D eigenvalue weighted by molar-refractivity contribution is 6.31. The molecule has 0 radical (unpaired) electrons. The molecule has 2 aromatic rings. The maximum Gasteiger partial charge on any atom is 0.218 e. The van der Waals surface area contributed by atoms with Crippen molar-refractivity contribution in [1.29, 1.82) is 0 Å². The summed E-state index contributed by atoms with van der Waals surface area (Å²) in [5.74, 6) is -0.166. The number of nitrogens with zero attached hydrogens (tertiary/aromatic N) is 3. The zero-order valence-corrected chi connectivity index (χ0v) is 14.4. The summed E-state index contributed by atoms with van der Waals surface area (Å²) in [4.78, 5) is 19.5. The minimum absolute atomic E-state index is 0.204. The molecule has 0 aliphatic carbocycles. The lowest BCUT2D eigenvalue weighted by Gasteiger charge is -2.35. The van der Waals surface area contributed by atoms with Gasteiger partial charge in [-0.25, -0.2) is 4.39 Å². The van der Waals surface area contributed by atoms with Crippen LogP contribution in [0.3, 0.4) is 0 Å². The van der Waals surface area contributed by atoms with E-state index < -0.39 is 5.82 Å². The molecule has 0 saturated carbocycles. The van der Waals surface area contributed by atoms with Gasteiger partial charge in [0.05, 0.1) is 11.4 Å². The van der Waals surface area contributed by atoms with Crippen molar-refractivity contribution in [2.45, 2.75) is 6.42 Å². The molecule has 130 valence electrons. The van der Waals surface area contributed by atoms with Gasteiger partial charge in [-0.1, -0.05) is 11.6 Å². The lowest BCUT2D eigenvalue weighted by atomic mass is 10.1. The van der Waals surface area contributed by atoms with Gasteiger partial charge in [0.1, 0.15) is 17.4 Å². The van der Waals surface area contributed by atoms with E-state index in [1.165, 1.54) is 17.0 Å². The first kappa shape index (κ1) is 17.2. The number of amidine groups is 1. The molecule has 3 rings (SSSR count). The summed E-state index contributed by atoms with van der Waals surface area (Å²) >= 11 is 6.12. The molecule has 25 heavy (non-hydrogen) atoms. The van der Waals surface area contributed by atoms with Crippen LogP contribution in [0.5, 0.6) is 5.75 Å². The first-order valence-electron chi connectivity index (χ1n) is 7.79. The highest BCUT2D eigenvalue weighted by Crippen LogP contribution is 2.33. The summed E-state index contributed by atoms with van der Waals surface area (Å²) in [6.07, 6.45) is 1.64. The lowest BCUT2D eigenvalue weighted by Crippen LogP contribution is -2.43. The van der Waals surface area contributed by atoms with E-state index in [2.05, 4.69) is 9.89 Å². The van der Waals surface area contributed by atoms with Crippen molar-refractivity contribution >= 4 is 35.2 Å². The van der Waals surface area contributed by atoms with Crippen LogP contribution in [0, 0.1) is 5.82 Å². The number of anilines is 2. The number of aliphatic imine (C=N–C) groups is 1. The molecule has 2 aromatic carbocycles. The smallest absolute Gasteiger partial charge is 0.218 e. The number of halogens is 2. The Balaban J connectivity index is 2.13. The molecular weight excluding hydrogens is 345 g/mol. The van der Waals surface area contributed by atoms with E-state index in [1.54, 1.807) is 25.2 Å². The lowest BCUT2D eigenvalue weighted by molar-refractivity contribution is -0.106. The van der Waals surface area contributed by atoms with Gasteiger partial charge in [0.25, 0.3) is 0 Å². The van der Waals surface area contributed by atoms with Gasteiger partial charge in [-0.05, 0) is 30.7 Å². The van der Waals surface area contributed by atoms with Gasteiger partial charge in [0.15, 0.2) is 0 Å². The first-order valence-corrected chi connectivity index (χ1v) is 8.17. The Kier molecular flexibility index (Phi) is 4.90. The van der Waals surface area contributed by atoms with Crippen molar-refractivity contribution in [2.75, 3.05) is 25.0 Å². The van der Waals surface area contributed by atoms with Gasteiger partial charge >= 0.3 is 0 Å². The van der Waals surface area contributed by atoms with E-state index >= 15 is 0 Å².